The molecule has 4 aromatic rings. The van der Waals surface area contributed by atoms with Crippen LogP contribution in [0.5, 0.6) is 0 Å². The molecule has 1 heterocycles. The fraction of sp³-hybridized carbons (Fsp3) is 0.167. The highest BCUT2D eigenvalue weighted by atomic mass is 32.2. The molecule has 3 aromatic carbocycles. The predicted octanol–water partition coefficient (Wildman–Crippen LogP) is 5.94. The second-order valence-corrected chi connectivity index (χ2v) is 8.19. The van der Waals surface area contributed by atoms with Crippen molar-refractivity contribution in [1.82, 2.24) is 9.55 Å². The normalized spacial score (nSPS) is 12.2. The molecule has 146 valence electrons. The van der Waals surface area contributed by atoms with Crippen LogP contribution in [0.3, 0.4) is 0 Å². The van der Waals surface area contributed by atoms with Crippen molar-refractivity contribution in [2.24, 2.45) is 0 Å². The third-order valence-corrected chi connectivity index (χ3v) is 6.08. The summed E-state index contributed by atoms with van der Waals surface area (Å²) in [5.41, 5.74) is 3.57. The van der Waals surface area contributed by atoms with Gasteiger partial charge in [0, 0.05) is 5.25 Å². The van der Waals surface area contributed by atoms with Gasteiger partial charge in [-0.25, -0.2) is 9.37 Å². The summed E-state index contributed by atoms with van der Waals surface area (Å²) in [6.45, 7) is 4.13. The van der Waals surface area contributed by atoms with Crippen molar-refractivity contribution < 1.29 is 4.39 Å². The van der Waals surface area contributed by atoms with Gasteiger partial charge in [0.25, 0.3) is 5.56 Å². The molecule has 29 heavy (non-hydrogen) atoms. The van der Waals surface area contributed by atoms with Crippen molar-refractivity contribution in [2.45, 2.75) is 30.7 Å². The van der Waals surface area contributed by atoms with Gasteiger partial charge >= 0.3 is 0 Å². The number of halogens is 1. The first-order valence-corrected chi connectivity index (χ1v) is 10.5. The van der Waals surface area contributed by atoms with E-state index in [0.29, 0.717) is 16.1 Å². The Kier molecular flexibility index (Phi) is 5.49. The molecule has 3 nitrogen and oxygen atoms in total. The molecule has 1 aromatic heterocycles. The molecule has 0 saturated heterocycles. The van der Waals surface area contributed by atoms with E-state index in [4.69, 9.17) is 4.98 Å². The van der Waals surface area contributed by atoms with Gasteiger partial charge in [-0.15, -0.1) is 0 Å². The molecule has 4 rings (SSSR count). The molecule has 0 unspecified atom stereocenters. The Labute approximate surface area is 173 Å². The molecule has 0 amide bonds. The van der Waals surface area contributed by atoms with Crippen LogP contribution in [0, 0.1) is 5.82 Å². The number of thioether (sulfide) groups is 1. The van der Waals surface area contributed by atoms with Crippen LogP contribution in [0.25, 0.3) is 16.6 Å². The highest BCUT2D eigenvalue weighted by Crippen LogP contribution is 2.34. The zero-order valence-corrected chi connectivity index (χ0v) is 17.1. The van der Waals surface area contributed by atoms with E-state index < -0.39 is 0 Å². The minimum atomic E-state index is -0.261. The molecule has 5 heteroatoms. The summed E-state index contributed by atoms with van der Waals surface area (Å²) >= 11 is 1.49. The van der Waals surface area contributed by atoms with Crippen LogP contribution in [0.2, 0.25) is 0 Å². The maximum atomic E-state index is 13.3. The Hall–Kier alpha value is -2.92. The first-order chi connectivity index (χ1) is 14.1. The van der Waals surface area contributed by atoms with Gasteiger partial charge in [0.1, 0.15) is 5.82 Å². The maximum Gasteiger partial charge on any atom is 0.266 e. The van der Waals surface area contributed by atoms with Crippen LogP contribution in [-0.4, -0.2) is 9.55 Å². The number of aromatic nitrogens is 2. The zero-order valence-electron chi connectivity index (χ0n) is 16.3. The number of aryl methyl sites for hydroxylation is 1. The van der Waals surface area contributed by atoms with E-state index in [1.54, 1.807) is 22.8 Å². The lowest BCUT2D eigenvalue weighted by Gasteiger charge is -2.17. The lowest BCUT2D eigenvalue weighted by Crippen LogP contribution is -2.22. The molecule has 1 atom stereocenters. The second-order valence-electron chi connectivity index (χ2n) is 6.88. The summed E-state index contributed by atoms with van der Waals surface area (Å²) in [4.78, 5) is 18.1. The average molecular weight is 405 g/mol. The number of benzene rings is 3. The maximum absolute atomic E-state index is 13.3. The van der Waals surface area contributed by atoms with Crippen LogP contribution in [0.15, 0.2) is 82.7 Å². The van der Waals surface area contributed by atoms with Gasteiger partial charge in [-0.2, -0.15) is 0 Å². The monoisotopic (exact) mass is 404 g/mol. The standard InChI is InChI=1S/C24H21FN2OS/c1-3-17-8-14-20(15-9-17)27-23(28)21-6-4-5-7-22(21)26-24(27)29-16(2)18-10-12-19(25)13-11-18/h4-16H,3H2,1-2H3/t16-/m1/s1. The van der Waals surface area contributed by atoms with Crippen molar-refractivity contribution in [3.05, 3.63) is 100 Å². The van der Waals surface area contributed by atoms with Crippen LogP contribution in [-0.2, 0) is 6.42 Å². The fourth-order valence-corrected chi connectivity index (χ4v) is 4.31. The third-order valence-electron chi connectivity index (χ3n) is 4.97. The van der Waals surface area contributed by atoms with E-state index in [0.717, 1.165) is 17.7 Å². The van der Waals surface area contributed by atoms with Crippen LogP contribution >= 0.6 is 11.8 Å². The molecule has 0 aliphatic carbocycles. The summed E-state index contributed by atoms with van der Waals surface area (Å²) in [5.74, 6) is -0.261. The quantitative estimate of drug-likeness (QED) is 0.305. The largest absolute Gasteiger partial charge is 0.268 e. The molecule has 0 aliphatic heterocycles. The summed E-state index contributed by atoms with van der Waals surface area (Å²) in [6.07, 6.45) is 0.939. The van der Waals surface area contributed by atoms with E-state index >= 15 is 0 Å². The Morgan fingerprint density at radius 2 is 1.69 bits per heavy atom. The summed E-state index contributed by atoms with van der Waals surface area (Å²) in [6, 6.07) is 21.8. The van der Waals surface area contributed by atoms with E-state index in [9.17, 15) is 9.18 Å². The lowest BCUT2D eigenvalue weighted by molar-refractivity contribution is 0.627. The van der Waals surface area contributed by atoms with Crippen molar-refractivity contribution in [2.75, 3.05) is 0 Å². The van der Waals surface area contributed by atoms with Crippen molar-refractivity contribution >= 4 is 22.7 Å². The molecule has 0 spiro atoms. The summed E-state index contributed by atoms with van der Waals surface area (Å²) in [7, 11) is 0. The average Bonchev–Trinajstić information content (AvgIpc) is 2.74. The Morgan fingerprint density at radius 1 is 1.00 bits per heavy atom. The van der Waals surface area contributed by atoms with Gasteiger partial charge in [0.05, 0.1) is 16.6 Å². The molecular weight excluding hydrogens is 383 g/mol. The first kappa shape index (κ1) is 19.4. The fourth-order valence-electron chi connectivity index (χ4n) is 3.26. The topological polar surface area (TPSA) is 34.9 Å². The molecular formula is C24H21FN2OS. The molecule has 0 saturated carbocycles. The van der Waals surface area contributed by atoms with Crippen molar-refractivity contribution in [3.63, 3.8) is 0 Å². The van der Waals surface area contributed by atoms with E-state index in [2.05, 4.69) is 6.92 Å². The first-order valence-electron chi connectivity index (χ1n) is 9.60. The Balaban J connectivity index is 1.84. The number of hydrogen-bond donors (Lipinski definition) is 0. The zero-order chi connectivity index (χ0) is 20.4. The van der Waals surface area contributed by atoms with E-state index in [-0.39, 0.29) is 16.6 Å². The third kappa shape index (κ3) is 3.96. The van der Waals surface area contributed by atoms with Crippen molar-refractivity contribution in [3.8, 4) is 5.69 Å². The smallest absolute Gasteiger partial charge is 0.266 e. The van der Waals surface area contributed by atoms with Gasteiger partial charge < -0.3 is 0 Å². The van der Waals surface area contributed by atoms with Gasteiger partial charge in [-0.1, -0.05) is 55.1 Å². The molecule has 0 aliphatic rings. The number of nitrogens with zero attached hydrogens (tertiary/aromatic N) is 2. The van der Waals surface area contributed by atoms with Crippen LogP contribution in [0.4, 0.5) is 4.39 Å². The van der Waals surface area contributed by atoms with E-state index in [1.807, 2.05) is 49.4 Å². The summed E-state index contributed by atoms with van der Waals surface area (Å²) < 4.78 is 15.0. The second kappa shape index (κ2) is 8.21. The Bertz CT molecular complexity index is 1200. The minimum Gasteiger partial charge on any atom is -0.268 e. The van der Waals surface area contributed by atoms with Gasteiger partial charge in [-0.3, -0.25) is 9.36 Å². The number of hydrogen-bond acceptors (Lipinski definition) is 3. The number of rotatable bonds is 5. The molecule has 0 radical (unpaired) electrons. The molecule has 0 bridgehead atoms. The SMILES string of the molecule is CCc1ccc(-n2c(S[C@H](C)c3ccc(F)cc3)nc3ccccc3c2=O)cc1. The lowest BCUT2D eigenvalue weighted by atomic mass is 10.1. The summed E-state index contributed by atoms with van der Waals surface area (Å²) in [5, 5.41) is 1.21. The predicted molar refractivity (Wildman–Crippen MR) is 117 cm³/mol. The van der Waals surface area contributed by atoms with Crippen molar-refractivity contribution in [1.29, 1.82) is 0 Å². The van der Waals surface area contributed by atoms with Gasteiger partial charge in [0.15, 0.2) is 5.16 Å². The minimum absolute atomic E-state index is 0.00447. The highest BCUT2D eigenvalue weighted by molar-refractivity contribution is 7.99. The number of fused-ring (bicyclic) bond motifs is 1. The molecule has 0 N–H and O–H groups in total. The van der Waals surface area contributed by atoms with Crippen LogP contribution < -0.4 is 5.56 Å². The highest BCUT2D eigenvalue weighted by Gasteiger charge is 2.17. The van der Waals surface area contributed by atoms with Gasteiger partial charge in [-0.05, 0) is 60.9 Å². The van der Waals surface area contributed by atoms with Gasteiger partial charge in [0.2, 0.25) is 0 Å². The van der Waals surface area contributed by atoms with Crippen LogP contribution in [0.1, 0.15) is 30.2 Å². The number of para-hydroxylation sites is 1. The Morgan fingerprint density at radius 3 is 2.38 bits per heavy atom. The van der Waals surface area contributed by atoms with E-state index in [1.165, 1.54) is 29.5 Å². The molecule has 0 fully saturated rings.